The maximum Gasteiger partial charge on any atom is 0.280 e. The number of hydrogen-bond donors (Lipinski definition) is 1. The van der Waals surface area contributed by atoms with E-state index in [-0.39, 0.29) is 27.6 Å². The van der Waals surface area contributed by atoms with Crippen molar-refractivity contribution in [1.82, 2.24) is 4.98 Å². The van der Waals surface area contributed by atoms with Crippen molar-refractivity contribution in [3.8, 4) is 0 Å². The van der Waals surface area contributed by atoms with Gasteiger partial charge in [-0.2, -0.15) is 4.39 Å². The van der Waals surface area contributed by atoms with Crippen molar-refractivity contribution in [2.24, 2.45) is 5.16 Å². The molecule has 1 N–H and O–H groups in total. The summed E-state index contributed by atoms with van der Waals surface area (Å²) in [5.74, 6) is -0.665. The van der Waals surface area contributed by atoms with Gasteiger partial charge in [0, 0.05) is 12.7 Å². The van der Waals surface area contributed by atoms with Crippen LogP contribution >= 0.6 is 11.3 Å². The van der Waals surface area contributed by atoms with Gasteiger partial charge in [-0.05, 0) is 31.9 Å². The average molecular weight is 442 g/mol. The highest BCUT2D eigenvalue weighted by atomic mass is 32.2. The number of aromatic nitrogens is 1. The van der Waals surface area contributed by atoms with E-state index in [1.807, 2.05) is 0 Å². The van der Waals surface area contributed by atoms with Gasteiger partial charge in [0.15, 0.2) is 25.8 Å². The van der Waals surface area contributed by atoms with Crippen LogP contribution < -0.4 is 5.32 Å². The number of methoxy groups -OCH3 is 1. The topological polar surface area (TPSA) is 107 Å². The fraction of sp³-hybridized carbons (Fsp3) is 0.389. The van der Waals surface area contributed by atoms with Crippen molar-refractivity contribution in [1.29, 1.82) is 0 Å². The molecule has 8 nitrogen and oxygen atoms in total. The van der Waals surface area contributed by atoms with E-state index < -0.39 is 27.0 Å². The van der Waals surface area contributed by atoms with Crippen LogP contribution in [0.3, 0.4) is 0 Å². The van der Waals surface area contributed by atoms with E-state index in [0.717, 1.165) is 6.20 Å². The van der Waals surface area contributed by atoms with Crippen molar-refractivity contribution in [2.75, 3.05) is 19.0 Å². The molecular weight excluding hydrogens is 421 g/mol. The van der Waals surface area contributed by atoms with Gasteiger partial charge in [-0.25, -0.2) is 13.4 Å². The number of carbonyl (C=O) groups excluding carboxylic acids is 1. The van der Waals surface area contributed by atoms with E-state index in [2.05, 4.69) is 15.5 Å². The minimum absolute atomic E-state index is 0.0677. The molecule has 0 radical (unpaired) electrons. The average Bonchev–Trinajstić information content (AvgIpc) is 3.46. The summed E-state index contributed by atoms with van der Waals surface area (Å²) in [7, 11) is -1.84. The third-order valence-electron chi connectivity index (χ3n) is 4.06. The van der Waals surface area contributed by atoms with Crippen molar-refractivity contribution < 1.29 is 27.2 Å². The largest absolute Gasteiger partial charge is 0.390 e. The molecule has 1 saturated carbocycles. The van der Waals surface area contributed by atoms with E-state index >= 15 is 0 Å². The van der Waals surface area contributed by atoms with E-state index in [9.17, 15) is 17.6 Å². The first kappa shape index (κ1) is 21.3. The van der Waals surface area contributed by atoms with Crippen molar-refractivity contribution in [3.63, 3.8) is 0 Å². The van der Waals surface area contributed by atoms with Crippen LogP contribution in [-0.2, 0) is 24.2 Å². The van der Waals surface area contributed by atoms with Crippen LogP contribution in [0.15, 0.2) is 40.5 Å². The van der Waals surface area contributed by atoms with E-state index in [4.69, 9.17) is 9.57 Å². The Balaban J connectivity index is 1.85. The monoisotopic (exact) mass is 441 g/mol. The molecule has 1 amide bonds. The summed E-state index contributed by atoms with van der Waals surface area (Å²) in [5.41, 5.74) is 0.248. The maximum absolute atomic E-state index is 13.1. The number of thiazole rings is 1. The molecule has 156 valence electrons. The fourth-order valence-electron chi connectivity index (χ4n) is 2.47. The van der Waals surface area contributed by atoms with Crippen LogP contribution in [0, 0.1) is 5.13 Å². The van der Waals surface area contributed by atoms with Crippen LogP contribution in [0.5, 0.6) is 0 Å². The number of ether oxygens (including phenoxy) is 1. The normalized spacial score (nSPS) is 15.8. The van der Waals surface area contributed by atoms with Crippen LogP contribution in [0.4, 0.5) is 9.52 Å². The molecule has 1 aromatic carbocycles. The predicted molar refractivity (Wildman–Crippen MR) is 106 cm³/mol. The molecule has 0 unspecified atom stereocenters. The zero-order valence-corrected chi connectivity index (χ0v) is 17.4. The Morgan fingerprint density at radius 3 is 2.62 bits per heavy atom. The first-order valence-corrected chi connectivity index (χ1v) is 11.2. The molecule has 11 heteroatoms. The van der Waals surface area contributed by atoms with Gasteiger partial charge in [-0.15, -0.1) is 0 Å². The number of amides is 1. The van der Waals surface area contributed by atoms with Gasteiger partial charge in [0.05, 0.1) is 22.9 Å². The Labute approximate surface area is 171 Å². The summed E-state index contributed by atoms with van der Waals surface area (Å²) < 4.78 is 42.8. The van der Waals surface area contributed by atoms with Crippen LogP contribution in [0.2, 0.25) is 0 Å². The van der Waals surface area contributed by atoms with E-state index in [0.29, 0.717) is 29.7 Å². The summed E-state index contributed by atoms with van der Waals surface area (Å²) in [5, 5.41) is 5.57. The number of nitrogens with zero attached hydrogens (tertiary/aromatic N) is 2. The molecule has 1 aromatic heterocycles. The maximum atomic E-state index is 13.1. The quantitative estimate of drug-likeness (QED) is 0.474. The number of rotatable bonds is 9. The number of nitrogens with one attached hydrogen (secondary N) is 1. The lowest BCUT2D eigenvalue weighted by Crippen LogP contribution is -2.25. The Bertz CT molecular complexity index is 1000. The van der Waals surface area contributed by atoms with Gasteiger partial charge >= 0.3 is 0 Å². The second-order valence-corrected chi connectivity index (χ2v) is 9.71. The zero-order chi connectivity index (χ0) is 21.0. The third-order valence-corrected chi connectivity index (χ3v) is 7.04. The van der Waals surface area contributed by atoms with Gasteiger partial charge in [-0.3, -0.25) is 10.1 Å². The molecule has 1 atom stereocenters. The van der Waals surface area contributed by atoms with Crippen molar-refractivity contribution in [3.05, 3.63) is 41.2 Å². The molecule has 0 saturated heterocycles. The van der Waals surface area contributed by atoms with Crippen molar-refractivity contribution >= 4 is 37.9 Å². The summed E-state index contributed by atoms with van der Waals surface area (Å²) >= 11 is 0.672. The van der Waals surface area contributed by atoms with Gasteiger partial charge in [0.1, 0.15) is 6.10 Å². The molecule has 1 fully saturated rings. The molecule has 1 heterocycles. The first-order valence-electron chi connectivity index (χ1n) is 8.81. The first-order chi connectivity index (χ1) is 13.8. The van der Waals surface area contributed by atoms with Gasteiger partial charge in [-0.1, -0.05) is 28.6 Å². The Morgan fingerprint density at radius 2 is 2.07 bits per heavy atom. The number of hydrogen-bond acceptors (Lipinski definition) is 8. The second kappa shape index (κ2) is 8.97. The molecule has 3 rings (SSSR count). The van der Waals surface area contributed by atoms with Crippen LogP contribution in [-0.4, -0.2) is 50.1 Å². The highest BCUT2D eigenvalue weighted by molar-refractivity contribution is 7.92. The SMILES string of the molecule is COC[C@@H](C)O/N=C(/C(=O)Nc1ncc(F)s1)c1ccc(S(=O)(=O)C2CC2)cc1. The number of oxime groups is 1. The lowest BCUT2D eigenvalue weighted by molar-refractivity contribution is -0.110. The highest BCUT2D eigenvalue weighted by Crippen LogP contribution is 2.33. The van der Waals surface area contributed by atoms with E-state index in [1.165, 1.54) is 31.4 Å². The molecule has 0 bridgehead atoms. The third kappa shape index (κ3) is 5.37. The Kier molecular flexibility index (Phi) is 6.60. The molecule has 29 heavy (non-hydrogen) atoms. The van der Waals surface area contributed by atoms with E-state index in [1.54, 1.807) is 6.92 Å². The standard InChI is InChI=1S/C18H20FN3O5S2/c1-11(10-26-2)27-22-16(17(23)21-18-20-9-15(19)28-18)12-3-5-13(6-4-12)29(24,25)14-7-8-14/h3-6,9,11,14H,7-8,10H2,1-2H3,(H,20,21,23)/b22-16+/t11-/m1/s1. The molecule has 1 aliphatic rings. The summed E-state index contributed by atoms with van der Waals surface area (Å²) in [6, 6.07) is 5.85. The fourth-order valence-corrected chi connectivity index (χ4v) is 4.67. The predicted octanol–water partition coefficient (Wildman–Crippen LogP) is 2.61. The Morgan fingerprint density at radius 1 is 1.38 bits per heavy atom. The smallest absolute Gasteiger partial charge is 0.280 e. The van der Waals surface area contributed by atoms with Gasteiger partial charge in [0.2, 0.25) is 0 Å². The molecular formula is C18H20FN3O5S2. The van der Waals surface area contributed by atoms with Gasteiger partial charge in [0.25, 0.3) is 5.91 Å². The summed E-state index contributed by atoms with van der Waals surface area (Å²) in [4.78, 5) is 21.9. The lowest BCUT2D eigenvalue weighted by Gasteiger charge is -2.11. The number of halogens is 1. The zero-order valence-electron chi connectivity index (χ0n) is 15.8. The summed E-state index contributed by atoms with van der Waals surface area (Å²) in [6.07, 6.45) is 1.89. The molecule has 0 spiro atoms. The molecule has 0 aliphatic heterocycles. The second-order valence-electron chi connectivity index (χ2n) is 6.50. The Hall–Kier alpha value is -2.37. The highest BCUT2D eigenvalue weighted by Gasteiger charge is 2.36. The molecule has 1 aliphatic carbocycles. The number of sulfone groups is 1. The minimum atomic E-state index is -3.35. The summed E-state index contributed by atoms with van der Waals surface area (Å²) in [6.45, 7) is 1.97. The number of carbonyl (C=O) groups is 1. The number of anilines is 1. The van der Waals surface area contributed by atoms with Crippen LogP contribution in [0.25, 0.3) is 0 Å². The van der Waals surface area contributed by atoms with Gasteiger partial charge < -0.3 is 9.57 Å². The lowest BCUT2D eigenvalue weighted by atomic mass is 10.1. The van der Waals surface area contributed by atoms with Crippen LogP contribution in [0.1, 0.15) is 25.3 Å². The van der Waals surface area contributed by atoms with Crippen molar-refractivity contribution in [2.45, 2.75) is 36.0 Å². The number of benzene rings is 1. The minimum Gasteiger partial charge on any atom is -0.390 e. The molecule has 2 aromatic rings.